The predicted molar refractivity (Wildman–Crippen MR) is 87.0 cm³/mol. The van der Waals surface area contributed by atoms with Gasteiger partial charge in [0.1, 0.15) is 11.3 Å². The van der Waals surface area contributed by atoms with Crippen molar-refractivity contribution in [2.45, 2.75) is 77.9 Å². The van der Waals surface area contributed by atoms with Crippen molar-refractivity contribution in [2.75, 3.05) is 6.61 Å². The van der Waals surface area contributed by atoms with E-state index in [0.29, 0.717) is 6.61 Å². The van der Waals surface area contributed by atoms with Crippen molar-refractivity contribution in [3.05, 3.63) is 0 Å². The molecule has 0 aromatic rings. The number of amides is 1. The van der Waals surface area contributed by atoms with Crippen molar-refractivity contribution in [1.82, 2.24) is 5.32 Å². The van der Waals surface area contributed by atoms with Crippen LogP contribution in [-0.4, -0.2) is 38.0 Å². The molecule has 0 fully saturated rings. The minimum absolute atomic E-state index is 0.0700. The Morgan fingerprint density at radius 3 is 1.90 bits per heavy atom. The average molecular weight is 318 g/mol. The van der Waals surface area contributed by atoms with Gasteiger partial charge in [-0.3, -0.25) is 4.79 Å². The zero-order valence-corrected chi connectivity index (χ0v) is 15.9. The Bertz CT molecular complexity index is 380. The highest BCUT2D eigenvalue weighted by Gasteiger charge is 2.47. The van der Waals surface area contributed by atoms with E-state index in [2.05, 4.69) is 39.2 Å². The number of esters is 1. The number of nitrogens with one attached hydrogen (secondary N) is 1. The second-order valence-electron chi connectivity index (χ2n) is 7.80. The summed E-state index contributed by atoms with van der Waals surface area (Å²) in [6.07, 6.45) is -0.578. The number of carbonyl (C=O) groups is 2. The van der Waals surface area contributed by atoms with Gasteiger partial charge in [0.2, 0.25) is 0 Å². The summed E-state index contributed by atoms with van der Waals surface area (Å²) in [6.45, 7) is 17.8. The zero-order chi connectivity index (χ0) is 17.1. The van der Waals surface area contributed by atoms with E-state index in [1.165, 1.54) is 0 Å². The van der Waals surface area contributed by atoms with Gasteiger partial charge in [-0.25, -0.2) is 4.79 Å². The summed E-state index contributed by atoms with van der Waals surface area (Å²) in [4.78, 5) is 24.3. The highest BCUT2D eigenvalue weighted by atomic mass is 28.3. The summed E-state index contributed by atoms with van der Waals surface area (Å²) in [5.41, 5.74) is -1.23. The lowest BCUT2D eigenvalue weighted by Crippen LogP contribution is -2.62. The van der Waals surface area contributed by atoms with E-state index in [1.807, 2.05) is 0 Å². The van der Waals surface area contributed by atoms with Gasteiger partial charge in [-0.15, -0.1) is 0 Å². The largest absolute Gasteiger partial charge is 0.465 e. The molecule has 0 saturated heterocycles. The SMILES string of the molecule is CCOC(=O)C(NC(=O)OC(C)(C)C)[Si](C)(C)C(C)(C)C. The maximum Gasteiger partial charge on any atom is 0.408 e. The van der Waals surface area contributed by atoms with Crippen LogP contribution in [0.25, 0.3) is 0 Å². The minimum atomic E-state index is -2.16. The van der Waals surface area contributed by atoms with Gasteiger partial charge in [0.05, 0.1) is 14.7 Å². The van der Waals surface area contributed by atoms with Crippen molar-refractivity contribution in [3.63, 3.8) is 0 Å². The van der Waals surface area contributed by atoms with E-state index in [1.54, 1.807) is 27.7 Å². The fourth-order valence-electron chi connectivity index (χ4n) is 1.62. The number of ether oxygens (including phenoxy) is 2. The van der Waals surface area contributed by atoms with Crippen LogP contribution in [0.15, 0.2) is 0 Å². The van der Waals surface area contributed by atoms with Crippen LogP contribution in [0.1, 0.15) is 48.5 Å². The maximum absolute atomic E-state index is 12.3. The van der Waals surface area contributed by atoms with Crippen LogP contribution < -0.4 is 5.32 Å². The summed E-state index contributed by atoms with van der Waals surface area (Å²) in [5.74, 6) is -0.380. The topological polar surface area (TPSA) is 64.6 Å². The van der Waals surface area contributed by atoms with Gasteiger partial charge in [0, 0.05) is 0 Å². The van der Waals surface area contributed by atoms with Crippen molar-refractivity contribution >= 4 is 20.1 Å². The van der Waals surface area contributed by atoms with Crippen LogP contribution >= 0.6 is 0 Å². The first-order valence-corrected chi connectivity index (χ1v) is 10.5. The third-order valence-electron chi connectivity index (χ3n) is 3.84. The molecule has 0 aliphatic heterocycles. The third kappa shape index (κ3) is 6.07. The van der Waals surface area contributed by atoms with E-state index < -0.39 is 25.4 Å². The minimum Gasteiger partial charge on any atom is -0.465 e. The number of rotatable bonds is 4. The smallest absolute Gasteiger partial charge is 0.408 e. The van der Waals surface area contributed by atoms with Crippen molar-refractivity contribution in [1.29, 1.82) is 0 Å². The molecule has 21 heavy (non-hydrogen) atoms. The predicted octanol–water partition coefficient (Wildman–Crippen LogP) is 3.49. The van der Waals surface area contributed by atoms with Gasteiger partial charge in [0.15, 0.2) is 0 Å². The van der Waals surface area contributed by atoms with Crippen LogP contribution in [0.3, 0.4) is 0 Å². The van der Waals surface area contributed by atoms with Crippen LogP contribution in [0.2, 0.25) is 18.1 Å². The van der Waals surface area contributed by atoms with Gasteiger partial charge in [-0.05, 0) is 32.7 Å². The standard InChI is InChI=1S/C15H31NO4Si/c1-10-19-12(17)11(21(8,9)15(5,6)7)16-13(18)20-14(2,3)4/h11H,10H2,1-9H3,(H,16,18). The number of hydrogen-bond acceptors (Lipinski definition) is 4. The maximum atomic E-state index is 12.3. The molecule has 1 unspecified atom stereocenters. The zero-order valence-electron chi connectivity index (χ0n) is 14.9. The number of hydrogen-bond donors (Lipinski definition) is 1. The molecule has 0 radical (unpaired) electrons. The number of carbonyl (C=O) groups excluding carboxylic acids is 2. The molecule has 6 heteroatoms. The Morgan fingerprint density at radius 1 is 1.10 bits per heavy atom. The van der Waals surface area contributed by atoms with Gasteiger partial charge < -0.3 is 14.8 Å². The molecular formula is C15H31NO4Si. The molecule has 0 aromatic heterocycles. The number of alkyl carbamates (subject to hydrolysis) is 1. The second kappa shape index (κ2) is 6.81. The Hall–Kier alpha value is -1.04. The lowest BCUT2D eigenvalue weighted by molar-refractivity contribution is -0.143. The normalized spacial score (nSPS) is 14.3. The molecule has 0 heterocycles. The van der Waals surface area contributed by atoms with E-state index in [0.717, 1.165) is 0 Å². The lowest BCUT2D eigenvalue weighted by atomic mass is 10.2. The van der Waals surface area contributed by atoms with Crippen LogP contribution in [-0.2, 0) is 14.3 Å². The lowest BCUT2D eigenvalue weighted by Gasteiger charge is -2.41. The van der Waals surface area contributed by atoms with Crippen molar-refractivity contribution in [2.24, 2.45) is 0 Å². The molecule has 1 N–H and O–H groups in total. The molecule has 0 spiro atoms. The molecule has 0 aliphatic carbocycles. The Morgan fingerprint density at radius 2 is 1.57 bits per heavy atom. The Balaban J connectivity index is 5.27. The summed E-state index contributed by atoms with van der Waals surface area (Å²) < 4.78 is 10.4. The molecule has 0 aliphatic rings. The molecule has 0 aromatic carbocycles. The highest BCUT2D eigenvalue weighted by Crippen LogP contribution is 2.38. The van der Waals surface area contributed by atoms with Crippen molar-refractivity contribution in [3.8, 4) is 0 Å². The monoisotopic (exact) mass is 317 g/mol. The van der Waals surface area contributed by atoms with Gasteiger partial charge in [0.25, 0.3) is 0 Å². The van der Waals surface area contributed by atoms with Gasteiger partial charge in [-0.2, -0.15) is 0 Å². The Labute approximate surface area is 129 Å². The third-order valence-corrected chi connectivity index (χ3v) is 9.53. The van der Waals surface area contributed by atoms with Crippen LogP contribution in [0.5, 0.6) is 0 Å². The first-order valence-electron chi connectivity index (χ1n) is 7.38. The van der Waals surface area contributed by atoms with E-state index in [9.17, 15) is 9.59 Å². The average Bonchev–Trinajstić information content (AvgIpc) is 2.21. The fraction of sp³-hybridized carbons (Fsp3) is 0.867. The quantitative estimate of drug-likeness (QED) is 0.637. The summed E-state index contributed by atoms with van der Waals surface area (Å²) in [5, 5.41) is 2.66. The van der Waals surface area contributed by atoms with Crippen molar-refractivity contribution < 1.29 is 19.1 Å². The molecule has 0 rings (SSSR count). The summed E-state index contributed by atoms with van der Waals surface area (Å²) >= 11 is 0. The van der Waals surface area contributed by atoms with E-state index in [-0.39, 0.29) is 11.0 Å². The molecule has 0 saturated carbocycles. The summed E-state index contributed by atoms with van der Waals surface area (Å²) in [6, 6.07) is 0. The van der Waals surface area contributed by atoms with Crippen LogP contribution in [0, 0.1) is 0 Å². The molecule has 5 nitrogen and oxygen atoms in total. The highest BCUT2D eigenvalue weighted by molar-refractivity contribution is 6.84. The molecule has 124 valence electrons. The van der Waals surface area contributed by atoms with Gasteiger partial charge >= 0.3 is 12.1 Å². The molecule has 1 amide bonds. The summed E-state index contributed by atoms with van der Waals surface area (Å²) in [7, 11) is -2.16. The van der Waals surface area contributed by atoms with Gasteiger partial charge in [-0.1, -0.05) is 33.9 Å². The van der Waals surface area contributed by atoms with E-state index >= 15 is 0 Å². The second-order valence-corrected chi connectivity index (χ2v) is 13.3. The molecular weight excluding hydrogens is 286 g/mol. The fourth-order valence-corrected chi connectivity index (χ4v) is 3.64. The Kier molecular flexibility index (Phi) is 6.47. The van der Waals surface area contributed by atoms with E-state index in [4.69, 9.17) is 9.47 Å². The first-order chi connectivity index (χ1) is 9.22. The molecule has 0 bridgehead atoms. The van der Waals surface area contributed by atoms with Crippen LogP contribution in [0.4, 0.5) is 4.79 Å². The first kappa shape index (κ1) is 20.0. The molecule has 1 atom stereocenters.